The van der Waals surface area contributed by atoms with Gasteiger partial charge in [-0.05, 0) is 76.2 Å². The number of imidazole rings is 1. The van der Waals surface area contributed by atoms with Gasteiger partial charge in [-0.15, -0.1) is 0 Å². The van der Waals surface area contributed by atoms with Crippen molar-refractivity contribution < 1.29 is 4.79 Å². The van der Waals surface area contributed by atoms with Crippen LogP contribution in [0.25, 0.3) is 22.4 Å². The summed E-state index contributed by atoms with van der Waals surface area (Å²) in [6, 6.07) is 9.81. The normalized spacial score (nSPS) is 19.5. The predicted molar refractivity (Wildman–Crippen MR) is 135 cm³/mol. The monoisotopic (exact) mass is 460 g/mol. The molecule has 2 aliphatic rings. The number of aromatic nitrogens is 3. The molecular weight excluding hydrogens is 431 g/mol. The van der Waals surface area contributed by atoms with Crippen molar-refractivity contribution in [1.29, 1.82) is 0 Å². The standard InChI is InChI=1S/C25H29N6OP/c1-30(2)15-20-7-5-17(14-26-20)24-28-21-9-8-19(13-22(21)29-24)27-25(32)18-6-10-23(33-16-18)31-11-3-4-12-31/h5-10,13-14,16,23,33H,3-4,11-12,15H2,1-2H3,(H,27,32)(H,28,29). The van der Waals surface area contributed by atoms with E-state index in [1.54, 1.807) is 0 Å². The number of rotatable bonds is 6. The highest BCUT2D eigenvalue weighted by Crippen LogP contribution is 2.33. The van der Waals surface area contributed by atoms with Crippen LogP contribution in [-0.4, -0.2) is 63.6 Å². The van der Waals surface area contributed by atoms with E-state index in [0.29, 0.717) is 14.4 Å². The van der Waals surface area contributed by atoms with Crippen LogP contribution < -0.4 is 5.32 Å². The van der Waals surface area contributed by atoms with E-state index >= 15 is 0 Å². The number of nitrogens with one attached hydrogen (secondary N) is 2. The van der Waals surface area contributed by atoms with Crippen molar-refractivity contribution in [1.82, 2.24) is 24.8 Å². The first-order valence-corrected chi connectivity index (χ1v) is 12.5. The molecule has 4 heterocycles. The van der Waals surface area contributed by atoms with E-state index < -0.39 is 0 Å². The highest BCUT2D eigenvalue weighted by molar-refractivity contribution is 7.42. The Hall–Kier alpha value is -2.86. The lowest BCUT2D eigenvalue weighted by molar-refractivity contribution is -0.112. The summed E-state index contributed by atoms with van der Waals surface area (Å²) in [4.78, 5) is 30.0. The zero-order valence-electron chi connectivity index (χ0n) is 19.0. The second-order valence-electron chi connectivity index (χ2n) is 8.86. The maximum Gasteiger partial charge on any atom is 0.255 e. The Morgan fingerprint density at radius 3 is 2.79 bits per heavy atom. The summed E-state index contributed by atoms with van der Waals surface area (Å²) < 4.78 is 0. The van der Waals surface area contributed by atoms with Crippen LogP contribution in [-0.2, 0) is 11.3 Å². The molecule has 7 nitrogen and oxygen atoms in total. The third-order valence-electron chi connectivity index (χ3n) is 5.98. The fourth-order valence-electron chi connectivity index (χ4n) is 4.27. The summed E-state index contributed by atoms with van der Waals surface area (Å²) in [5, 5.41) is 3.03. The Balaban J connectivity index is 1.26. The van der Waals surface area contributed by atoms with E-state index in [-0.39, 0.29) is 5.91 Å². The summed E-state index contributed by atoms with van der Waals surface area (Å²) >= 11 is 0. The molecule has 170 valence electrons. The van der Waals surface area contributed by atoms with Gasteiger partial charge in [0.15, 0.2) is 0 Å². The fourth-order valence-corrected chi connectivity index (χ4v) is 5.53. The number of nitrogens with zero attached hydrogens (tertiary/aromatic N) is 4. The smallest absolute Gasteiger partial charge is 0.255 e. The largest absolute Gasteiger partial charge is 0.338 e. The van der Waals surface area contributed by atoms with Gasteiger partial charge in [-0.1, -0.05) is 20.7 Å². The molecule has 1 aromatic carbocycles. The molecule has 1 amide bonds. The minimum Gasteiger partial charge on any atom is -0.338 e. The number of pyridine rings is 1. The minimum atomic E-state index is -0.0709. The first-order valence-electron chi connectivity index (χ1n) is 11.3. The van der Waals surface area contributed by atoms with Crippen LogP contribution in [0, 0.1) is 0 Å². The number of anilines is 1. The number of carbonyl (C=O) groups is 1. The summed E-state index contributed by atoms with van der Waals surface area (Å²) in [6.07, 6.45) is 8.55. The number of carbonyl (C=O) groups excluding carboxylic acids is 1. The maximum absolute atomic E-state index is 12.8. The van der Waals surface area contributed by atoms with Gasteiger partial charge >= 0.3 is 0 Å². The fraction of sp³-hybridized carbons (Fsp3) is 0.320. The van der Waals surface area contributed by atoms with E-state index in [1.807, 2.05) is 56.7 Å². The lowest BCUT2D eigenvalue weighted by Crippen LogP contribution is -2.28. The Kier molecular flexibility index (Phi) is 6.36. The molecule has 2 aliphatic heterocycles. The van der Waals surface area contributed by atoms with Gasteiger partial charge in [-0.3, -0.25) is 14.7 Å². The number of fused-ring (bicyclic) bond motifs is 1. The van der Waals surface area contributed by atoms with E-state index in [9.17, 15) is 4.79 Å². The number of H-pyrrole nitrogens is 1. The topological polar surface area (TPSA) is 77.2 Å². The second kappa shape index (κ2) is 9.56. The number of amides is 1. The molecule has 1 fully saturated rings. The van der Waals surface area contributed by atoms with Crippen LogP contribution in [0.1, 0.15) is 18.5 Å². The SMILES string of the molecule is CN(C)Cc1ccc(-c2nc3ccc(NC(=O)C4=CPC(N5CCCC5)C=C4)cc3[nH]2)cn1. The van der Waals surface area contributed by atoms with Crippen molar-refractivity contribution in [2.75, 3.05) is 32.5 Å². The highest BCUT2D eigenvalue weighted by atomic mass is 31.1. The molecule has 0 aliphatic carbocycles. The first kappa shape index (κ1) is 22.0. The average Bonchev–Trinajstić information content (AvgIpc) is 3.49. The summed E-state index contributed by atoms with van der Waals surface area (Å²) in [5.74, 6) is 3.23. The molecule has 2 N–H and O–H groups in total. The minimum absolute atomic E-state index is 0.0709. The zero-order chi connectivity index (χ0) is 22.8. The van der Waals surface area contributed by atoms with E-state index in [1.165, 1.54) is 25.9 Å². The molecule has 3 aromatic rings. The summed E-state index contributed by atoms with van der Waals surface area (Å²) in [5.41, 5.74) is 5.17. The zero-order valence-corrected chi connectivity index (χ0v) is 20.0. The van der Waals surface area contributed by atoms with Gasteiger partial charge in [0.05, 0.1) is 16.7 Å². The van der Waals surface area contributed by atoms with Gasteiger partial charge in [0.25, 0.3) is 5.91 Å². The number of hydrogen-bond acceptors (Lipinski definition) is 5. The van der Waals surface area contributed by atoms with Gasteiger partial charge in [0.2, 0.25) is 0 Å². The van der Waals surface area contributed by atoms with Crippen LogP contribution in [0.5, 0.6) is 0 Å². The molecule has 0 bridgehead atoms. The molecule has 0 spiro atoms. The summed E-state index contributed by atoms with van der Waals surface area (Å²) in [7, 11) is 4.67. The van der Waals surface area contributed by atoms with Crippen molar-refractivity contribution >= 4 is 31.2 Å². The Morgan fingerprint density at radius 1 is 1.24 bits per heavy atom. The molecule has 0 saturated carbocycles. The average molecular weight is 461 g/mol. The number of aromatic amines is 1. The molecule has 0 radical (unpaired) electrons. The van der Waals surface area contributed by atoms with Gasteiger partial charge in [-0.2, -0.15) is 0 Å². The molecule has 33 heavy (non-hydrogen) atoms. The Labute approximate surface area is 195 Å². The molecule has 1 saturated heterocycles. The third-order valence-corrected chi connectivity index (χ3v) is 7.36. The molecule has 2 atom stereocenters. The molecule has 2 aromatic heterocycles. The van der Waals surface area contributed by atoms with Gasteiger partial charge < -0.3 is 15.2 Å². The first-order chi connectivity index (χ1) is 16.0. The lowest BCUT2D eigenvalue weighted by Gasteiger charge is -2.25. The summed E-state index contributed by atoms with van der Waals surface area (Å²) in [6.45, 7) is 3.13. The number of hydrogen-bond donors (Lipinski definition) is 2. The second-order valence-corrected chi connectivity index (χ2v) is 10.1. The van der Waals surface area contributed by atoms with Gasteiger partial charge in [-0.25, -0.2) is 4.98 Å². The molecule has 2 unspecified atom stereocenters. The molecular formula is C25H29N6OP. The van der Waals surface area contributed by atoms with Crippen molar-refractivity contribution in [3.8, 4) is 11.4 Å². The van der Waals surface area contributed by atoms with Crippen molar-refractivity contribution in [3.05, 3.63) is 65.8 Å². The predicted octanol–water partition coefficient (Wildman–Crippen LogP) is 4.18. The van der Waals surface area contributed by atoms with Crippen LogP contribution >= 0.6 is 8.58 Å². The number of likely N-dealkylation sites (tertiary alicyclic amines) is 1. The maximum atomic E-state index is 12.8. The molecule has 5 rings (SSSR count). The Morgan fingerprint density at radius 2 is 2.09 bits per heavy atom. The molecule has 8 heteroatoms. The van der Waals surface area contributed by atoms with Gasteiger partial charge in [0.1, 0.15) is 5.82 Å². The van der Waals surface area contributed by atoms with Crippen molar-refractivity contribution in [2.45, 2.75) is 25.2 Å². The van der Waals surface area contributed by atoms with Crippen LogP contribution in [0.4, 0.5) is 5.69 Å². The quantitative estimate of drug-likeness (QED) is 0.540. The van der Waals surface area contributed by atoms with E-state index in [2.05, 4.69) is 42.0 Å². The van der Waals surface area contributed by atoms with Crippen LogP contribution in [0.15, 0.2) is 60.1 Å². The van der Waals surface area contributed by atoms with Crippen LogP contribution in [0.2, 0.25) is 0 Å². The Bertz CT molecular complexity index is 1210. The van der Waals surface area contributed by atoms with E-state index in [0.717, 1.165) is 45.9 Å². The van der Waals surface area contributed by atoms with Crippen LogP contribution in [0.3, 0.4) is 0 Å². The number of benzene rings is 1. The van der Waals surface area contributed by atoms with Crippen molar-refractivity contribution in [3.63, 3.8) is 0 Å². The van der Waals surface area contributed by atoms with E-state index in [4.69, 9.17) is 0 Å². The van der Waals surface area contributed by atoms with Crippen molar-refractivity contribution in [2.24, 2.45) is 0 Å². The third kappa shape index (κ3) is 5.06. The van der Waals surface area contributed by atoms with Gasteiger partial charge in [0, 0.05) is 35.3 Å². The highest BCUT2D eigenvalue weighted by Gasteiger charge is 2.22. The lowest BCUT2D eigenvalue weighted by atomic mass is 10.2.